The van der Waals surface area contributed by atoms with Gasteiger partial charge in [-0.25, -0.2) is 19.2 Å². The summed E-state index contributed by atoms with van der Waals surface area (Å²) in [5.74, 6) is -9.24. The molecule has 0 saturated carbocycles. The number of carboxylic acid groups (broad SMARTS) is 1. The minimum Gasteiger partial charge on any atom is -0.481 e. The molecule has 0 aromatic heterocycles. The average Bonchev–Trinajstić information content (AvgIpc) is 0.851. The summed E-state index contributed by atoms with van der Waals surface area (Å²) in [5, 5.41) is 30.3. The van der Waals surface area contributed by atoms with Crippen molar-refractivity contribution >= 4 is 89.1 Å². The second kappa shape index (κ2) is 80.6. The molecular weight excluding hydrogens is 1780 g/mol. The molecule has 0 radical (unpaired) electrons. The van der Waals surface area contributed by atoms with Crippen molar-refractivity contribution in [1.29, 1.82) is 0 Å². The lowest BCUT2D eigenvalue weighted by Gasteiger charge is -2.28. The number of amides is 7. The van der Waals surface area contributed by atoms with Gasteiger partial charge in [-0.3, -0.25) is 43.2 Å². The van der Waals surface area contributed by atoms with Gasteiger partial charge in [0.2, 0.25) is 17.7 Å². The van der Waals surface area contributed by atoms with Crippen LogP contribution in [0, 0.1) is 17.8 Å². The van der Waals surface area contributed by atoms with Crippen LogP contribution in [0.1, 0.15) is 497 Å². The summed E-state index contributed by atoms with van der Waals surface area (Å²) < 4.78 is 40.1. The van der Waals surface area contributed by atoms with Crippen LogP contribution in [0.25, 0.3) is 0 Å². The lowest BCUT2D eigenvalue weighted by atomic mass is 9.89. The standard InChI is InChI=1S/C109H201N7O21S/c1-19-22-25-28-31-34-37-40-43-45-48-51-54-57-72-96(121)131-82-88(133-97(122)73-58-55-52-49-46-42-39-36-33-30-27-24-21-3)83-138-84-91(114-95(120)71-56-53-50-47-44-41-38-35-32-29-26-23-20-2)94(119)80-87(81-132-105(4,5)6)99(124)116-89(69-61-65-76-112-103(129)136-108(13,14)15)92(117)78-85(67-59-63-74-110-101(127)134-106(7,8)9)98(123)115-90(70-62-66-77-113-104(130)137-109(16,17)18)93(118)79-86(100(125)126)68-60-64-75-111-102(128)135-107(10,11)12/h85-91H,19-84H2,1-18H3,(H,110,127)(H,111,128)(H,112,129)(H,113,130)(H,114,120)(H,115,123)(H,116,124)(H,125,126)/t85-,86-,87+,88?,89+,90+,91+/m1/s1. The summed E-state index contributed by atoms with van der Waals surface area (Å²) in [6.45, 7) is 32.8. The maximum Gasteiger partial charge on any atom is 0.407 e. The Bertz CT molecular complexity index is 3270. The fourth-order valence-electron chi connectivity index (χ4n) is 16.0. The number of hydrogen-bond acceptors (Lipinski definition) is 21. The molecule has 0 fully saturated rings. The SMILES string of the molecule is CCCCCCCCCCCCCCCCC(=O)OCC(CSC[C@H](NC(=O)CCCCCCCCCCCCCCC)C(=O)C[C@@H](COC(C)(C)C)C(=O)N[C@@H](CCCCNC(=O)OC(C)(C)C)C(=O)C[C@@H](CCCCNC(=O)OC(C)(C)C)C(=O)N[C@@H](CCCCNC(=O)OC(C)(C)C)C(=O)C[C@@H](CCCCNC(=O)OC(C)(C)C)C(=O)O)OC(=O)CCCCCCCCCCCCCCC. The van der Waals surface area contributed by atoms with E-state index in [-0.39, 0.29) is 121 Å². The Labute approximate surface area is 840 Å². The van der Waals surface area contributed by atoms with E-state index in [0.717, 1.165) is 70.6 Å². The summed E-state index contributed by atoms with van der Waals surface area (Å²) in [6.07, 6.45) is 43.5. The van der Waals surface area contributed by atoms with Crippen molar-refractivity contribution < 1.29 is 101 Å². The number of carbonyl (C=O) groups is 13. The first kappa shape index (κ1) is 131. The summed E-state index contributed by atoms with van der Waals surface area (Å²) in [7, 11) is 0. The van der Waals surface area contributed by atoms with E-state index in [2.05, 4.69) is 58.0 Å². The summed E-state index contributed by atoms with van der Waals surface area (Å²) in [6, 6.07) is -3.82. The number of hydrogen-bond donors (Lipinski definition) is 8. The number of ether oxygens (including phenoxy) is 7. The van der Waals surface area contributed by atoms with E-state index >= 15 is 19.2 Å². The Morgan fingerprint density at radius 2 is 0.565 bits per heavy atom. The Morgan fingerprint density at radius 3 is 0.891 bits per heavy atom. The highest BCUT2D eigenvalue weighted by Gasteiger charge is 2.36. The molecule has 0 saturated heterocycles. The second-order valence-electron chi connectivity index (χ2n) is 43.5. The van der Waals surface area contributed by atoms with Crippen molar-refractivity contribution in [2.45, 2.75) is 549 Å². The number of alkyl carbamates (subject to hydrolysis) is 4. The van der Waals surface area contributed by atoms with Crippen molar-refractivity contribution in [3.63, 3.8) is 0 Å². The highest BCUT2D eigenvalue weighted by atomic mass is 32.2. The van der Waals surface area contributed by atoms with Crippen LogP contribution in [0.4, 0.5) is 19.2 Å². The summed E-state index contributed by atoms with van der Waals surface area (Å²) in [5.41, 5.74) is -4.00. The predicted octanol–water partition coefficient (Wildman–Crippen LogP) is 24.9. The number of Topliss-reactive ketones (excluding diaryl/α,β-unsaturated/α-hetero) is 3. The zero-order chi connectivity index (χ0) is 103. The zero-order valence-corrected chi connectivity index (χ0v) is 91.0. The smallest absolute Gasteiger partial charge is 0.407 e. The molecule has 138 heavy (non-hydrogen) atoms. The molecule has 7 amide bonds. The van der Waals surface area contributed by atoms with Crippen molar-refractivity contribution in [1.82, 2.24) is 37.2 Å². The highest BCUT2D eigenvalue weighted by Crippen LogP contribution is 2.26. The summed E-state index contributed by atoms with van der Waals surface area (Å²) >= 11 is 1.25. The third-order valence-corrected chi connectivity index (χ3v) is 25.0. The molecule has 1 unspecified atom stereocenters. The van der Waals surface area contributed by atoms with Crippen LogP contribution < -0.4 is 37.2 Å². The lowest BCUT2D eigenvalue weighted by molar-refractivity contribution is -0.157. The highest BCUT2D eigenvalue weighted by molar-refractivity contribution is 7.99. The number of ketones is 3. The van der Waals surface area contributed by atoms with E-state index in [1.54, 1.807) is 104 Å². The molecule has 0 aromatic carbocycles. The van der Waals surface area contributed by atoms with Gasteiger partial charge in [0.1, 0.15) is 35.1 Å². The Kier molecular flexibility index (Phi) is 76.7. The van der Waals surface area contributed by atoms with Crippen LogP contribution in [-0.4, -0.2) is 186 Å². The average molecular weight is 1980 g/mol. The topological polar surface area (TPSA) is 391 Å². The fourth-order valence-corrected chi connectivity index (χ4v) is 17.1. The Balaban J connectivity index is 7.90. The quantitative estimate of drug-likeness (QED) is 0.0159. The van der Waals surface area contributed by atoms with Gasteiger partial charge in [-0.15, -0.1) is 0 Å². The molecule has 29 heteroatoms. The first-order valence-electron chi connectivity index (χ1n) is 54.5. The number of thioether (sulfide) groups is 1. The first-order chi connectivity index (χ1) is 65.4. The van der Waals surface area contributed by atoms with Crippen molar-refractivity contribution in [2.24, 2.45) is 17.8 Å². The predicted molar refractivity (Wildman–Crippen MR) is 555 cm³/mol. The molecule has 28 nitrogen and oxygen atoms in total. The molecule has 804 valence electrons. The van der Waals surface area contributed by atoms with Crippen LogP contribution in [0.15, 0.2) is 0 Å². The van der Waals surface area contributed by atoms with Crippen molar-refractivity contribution in [3.8, 4) is 0 Å². The number of nitrogens with one attached hydrogen (secondary N) is 7. The molecule has 0 spiro atoms. The molecule has 0 aromatic rings. The number of rotatable bonds is 87. The molecule has 0 rings (SSSR count). The second-order valence-corrected chi connectivity index (χ2v) is 44.5. The van der Waals surface area contributed by atoms with Gasteiger partial charge >= 0.3 is 42.3 Å². The Morgan fingerprint density at radius 1 is 0.283 bits per heavy atom. The van der Waals surface area contributed by atoms with Crippen LogP contribution in [0.5, 0.6) is 0 Å². The first-order valence-corrected chi connectivity index (χ1v) is 55.7. The molecule has 0 bridgehead atoms. The molecule has 0 aliphatic heterocycles. The number of aliphatic carboxylic acids is 1. The van der Waals surface area contributed by atoms with E-state index in [9.17, 15) is 48.3 Å². The number of unbranched alkanes of at least 4 members (excludes halogenated alkanes) is 41. The van der Waals surface area contributed by atoms with Gasteiger partial charge in [0.15, 0.2) is 17.3 Å². The van der Waals surface area contributed by atoms with E-state index in [4.69, 9.17) is 33.2 Å². The monoisotopic (exact) mass is 1980 g/mol. The van der Waals surface area contributed by atoms with Gasteiger partial charge in [-0.2, -0.15) is 11.8 Å². The molecular formula is C109H201N7O21S. The fraction of sp³-hybridized carbons (Fsp3) is 0.881. The third-order valence-electron chi connectivity index (χ3n) is 23.8. The minimum atomic E-state index is -1.34. The van der Waals surface area contributed by atoms with Gasteiger partial charge in [0, 0.05) is 82.1 Å². The lowest BCUT2D eigenvalue weighted by Crippen LogP contribution is -2.49. The maximum atomic E-state index is 15.6. The Hall–Kier alpha value is -6.78. The van der Waals surface area contributed by atoms with Gasteiger partial charge in [-0.05, 0) is 187 Å². The maximum absolute atomic E-state index is 15.6. The third kappa shape index (κ3) is 82.8. The normalized spacial score (nSPS) is 13.4. The number of carbonyl (C=O) groups excluding carboxylic acids is 12. The molecule has 0 heterocycles. The van der Waals surface area contributed by atoms with E-state index in [1.807, 2.05) is 0 Å². The zero-order valence-electron chi connectivity index (χ0n) is 90.2. The van der Waals surface area contributed by atoms with Gasteiger partial charge < -0.3 is 75.5 Å². The molecule has 0 aliphatic rings. The molecule has 0 aliphatic carbocycles. The van der Waals surface area contributed by atoms with Crippen molar-refractivity contribution in [3.05, 3.63) is 0 Å². The van der Waals surface area contributed by atoms with E-state index < -0.39 is 161 Å². The van der Waals surface area contributed by atoms with Crippen molar-refractivity contribution in [2.75, 3.05) is 50.9 Å². The molecule has 7 atom stereocenters. The van der Waals surface area contributed by atoms with Crippen LogP contribution in [-0.2, 0) is 76.3 Å². The largest absolute Gasteiger partial charge is 0.481 e. The van der Waals surface area contributed by atoms with Crippen LogP contribution >= 0.6 is 11.8 Å². The van der Waals surface area contributed by atoms with Gasteiger partial charge in [0.05, 0.1) is 42.2 Å². The van der Waals surface area contributed by atoms with E-state index in [0.29, 0.717) is 51.4 Å². The van der Waals surface area contributed by atoms with Crippen LogP contribution in [0.3, 0.4) is 0 Å². The van der Waals surface area contributed by atoms with E-state index in [1.165, 1.54) is 179 Å². The number of esters is 2. The molecule has 8 N–H and O–H groups in total. The number of carboxylic acids is 1. The minimum absolute atomic E-state index is 0.00502. The van der Waals surface area contributed by atoms with Gasteiger partial charge in [0.25, 0.3) is 0 Å². The van der Waals surface area contributed by atoms with Gasteiger partial charge in [-0.1, -0.05) is 271 Å². The summed E-state index contributed by atoms with van der Waals surface area (Å²) in [4.78, 5) is 182. The van der Waals surface area contributed by atoms with Crippen LogP contribution in [0.2, 0.25) is 0 Å².